The molecule has 1 aromatic rings. The summed E-state index contributed by atoms with van der Waals surface area (Å²) in [5, 5.41) is 0. The van der Waals surface area contributed by atoms with E-state index in [0.717, 1.165) is 44.0 Å². The van der Waals surface area contributed by atoms with E-state index in [-0.39, 0.29) is 5.75 Å². The first-order valence-electron chi connectivity index (χ1n) is 9.38. The highest BCUT2D eigenvalue weighted by Crippen LogP contribution is 2.32. The van der Waals surface area contributed by atoms with E-state index in [9.17, 15) is 13.2 Å². The lowest BCUT2D eigenvalue weighted by molar-refractivity contribution is -0.274. The van der Waals surface area contributed by atoms with Crippen molar-refractivity contribution in [2.24, 2.45) is 11.8 Å². The Hall–Kier alpha value is -1.23. The molecule has 0 aliphatic heterocycles. The van der Waals surface area contributed by atoms with Gasteiger partial charge in [-0.05, 0) is 61.6 Å². The van der Waals surface area contributed by atoms with Gasteiger partial charge in [0.1, 0.15) is 5.75 Å². The van der Waals surface area contributed by atoms with Gasteiger partial charge in [0.15, 0.2) is 0 Å². The smallest absolute Gasteiger partial charge is 0.406 e. The van der Waals surface area contributed by atoms with Crippen LogP contribution >= 0.6 is 0 Å². The lowest BCUT2D eigenvalue weighted by Crippen LogP contribution is -2.19. The summed E-state index contributed by atoms with van der Waals surface area (Å²) < 4.78 is 46.1. The third-order valence-electron chi connectivity index (χ3n) is 4.96. The molecule has 0 radical (unpaired) electrons. The zero-order chi connectivity index (χ0) is 18.1. The van der Waals surface area contributed by atoms with E-state index in [4.69, 9.17) is 4.74 Å². The number of aryl methyl sites for hydroxylation is 1. The Morgan fingerprint density at radius 2 is 1.64 bits per heavy atom. The number of ether oxygens (including phenoxy) is 2. The van der Waals surface area contributed by atoms with Gasteiger partial charge in [-0.15, -0.1) is 13.2 Å². The first-order chi connectivity index (χ1) is 12.0. The Morgan fingerprint density at radius 1 is 1.00 bits per heavy atom. The fourth-order valence-electron chi connectivity index (χ4n) is 3.41. The number of halogens is 3. The fraction of sp³-hybridized carbons (Fsp3) is 0.700. The van der Waals surface area contributed by atoms with Gasteiger partial charge in [0, 0.05) is 13.2 Å². The molecule has 0 bridgehead atoms. The molecule has 25 heavy (non-hydrogen) atoms. The van der Waals surface area contributed by atoms with E-state index >= 15 is 0 Å². The highest BCUT2D eigenvalue weighted by molar-refractivity contribution is 5.27. The summed E-state index contributed by atoms with van der Waals surface area (Å²) >= 11 is 0. The van der Waals surface area contributed by atoms with Crippen molar-refractivity contribution < 1.29 is 22.6 Å². The second-order valence-corrected chi connectivity index (χ2v) is 7.05. The van der Waals surface area contributed by atoms with E-state index in [1.165, 1.54) is 44.2 Å². The van der Waals surface area contributed by atoms with Gasteiger partial charge in [0.2, 0.25) is 0 Å². The minimum atomic E-state index is -4.62. The van der Waals surface area contributed by atoms with Crippen LogP contribution in [0.5, 0.6) is 5.75 Å². The number of rotatable bonds is 9. The molecule has 2 rings (SSSR count). The van der Waals surface area contributed by atoms with Crippen LogP contribution in [0, 0.1) is 11.8 Å². The molecular weight excluding hydrogens is 329 g/mol. The molecule has 2 nitrogen and oxygen atoms in total. The van der Waals surface area contributed by atoms with Crippen molar-refractivity contribution in [2.45, 2.75) is 64.7 Å². The lowest BCUT2D eigenvalue weighted by atomic mass is 9.80. The van der Waals surface area contributed by atoms with Crippen molar-refractivity contribution in [1.82, 2.24) is 0 Å². The normalized spacial score (nSPS) is 21.3. The maximum atomic E-state index is 12.1. The molecule has 142 valence electrons. The van der Waals surface area contributed by atoms with Gasteiger partial charge in [0.05, 0.1) is 0 Å². The van der Waals surface area contributed by atoms with Gasteiger partial charge >= 0.3 is 6.36 Å². The Bertz CT molecular complexity index is 477. The topological polar surface area (TPSA) is 18.5 Å². The summed E-state index contributed by atoms with van der Waals surface area (Å²) in [6.07, 6.45) is 4.63. The zero-order valence-electron chi connectivity index (χ0n) is 15.0. The van der Waals surface area contributed by atoms with E-state index in [2.05, 4.69) is 11.7 Å². The fourth-order valence-corrected chi connectivity index (χ4v) is 3.41. The molecule has 1 aliphatic carbocycles. The van der Waals surface area contributed by atoms with Crippen LogP contribution < -0.4 is 4.74 Å². The lowest BCUT2D eigenvalue weighted by Gasteiger charge is -2.28. The second-order valence-electron chi connectivity index (χ2n) is 7.05. The summed E-state index contributed by atoms with van der Waals surface area (Å²) in [7, 11) is 0. The van der Waals surface area contributed by atoms with Crippen molar-refractivity contribution in [3.05, 3.63) is 29.8 Å². The van der Waals surface area contributed by atoms with Crippen LogP contribution in [0.25, 0.3) is 0 Å². The van der Waals surface area contributed by atoms with Crippen LogP contribution in [0.4, 0.5) is 13.2 Å². The molecule has 0 heterocycles. The molecule has 1 aromatic carbocycles. The van der Waals surface area contributed by atoms with Crippen LogP contribution in [-0.2, 0) is 11.2 Å². The van der Waals surface area contributed by atoms with Gasteiger partial charge < -0.3 is 9.47 Å². The summed E-state index contributed by atoms with van der Waals surface area (Å²) in [5.41, 5.74) is 1.07. The number of hydrogen-bond acceptors (Lipinski definition) is 2. The Kier molecular flexibility index (Phi) is 8.07. The predicted molar refractivity (Wildman–Crippen MR) is 92.6 cm³/mol. The number of benzene rings is 1. The average molecular weight is 358 g/mol. The minimum absolute atomic E-state index is 0.153. The molecular formula is C20H29F3O2. The predicted octanol–water partition coefficient (Wildman–Crippen LogP) is 6.14. The van der Waals surface area contributed by atoms with E-state index < -0.39 is 6.36 Å². The summed E-state index contributed by atoms with van der Waals surface area (Å²) in [4.78, 5) is 0. The standard InChI is InChI=1S/C20H29F3O2/c1-2-3-14-24-15-18-8-6-16(7-9-18)4-5-17-10-12-19(13-11-17)25-20(21,22)23/h10-13,16,18H,2-9,14-15H2,1H3. The maximum Gasteiger partial charge on any atom is 0.573 e. The largest absolute Gasteiger partial charge is 0.573 e. The molecule has 1 aliphatic rings. The van der Waals surface area contributed by atoms with E-state index in [1.54, 1.807) is 12.1 Å². The highest BCUT2D eigenvalue weighted by Gasteiger charge is 2.31. The van der Waals surface area contributed by atoms with Crippen LogP contribution in [-0.4, -0.2) is 19.6 Å². The van der Waals surface area contributed by atoms with Crippen molar-refractivity contribution in [1.29, 1.82) is 0 Å². The first-order valence-corrected chi connectivity index (χ1v) is 9.38. The van der Waals surface area contributed by atoms with Crippen LogP contribution in [0.1, 0.15) is 57.4 Å². The van der Waals surface area contributed by atoms with Crippen molar-refractivity contribution in [3.63, 3.8) is 0 Å². The van der Waals surface area contributed by atoms with Crippen LogP contribution in [0.3, 0.4) is 0 Å². The summed E-state index contributed by atoms with van der Waals surface area (Å²) in [6.45, 7) is 3.95. The Balaban J connectivity index is 1.64. The molecule has 1 fully saturated rings. The van der Waals surface area contributed by atoms with Gasteiger partial charge in [-0.25, -0.2) is 0 Å². The molecule has 0 spiro atoms. The first kappa shape index (κ1) is 20.1. The number of unbranched alkanes of at least 4 members (excludes halogenated alkanes) is 1. The third-order valence-corrected chi connectivity index (χ3v) is 4.96. The summed E-state index contributed by atoms with van der Waals surface area (Å²) in [6, 6.07) is 6.25. The van der Waals surface area contributed by atoms with E-state index in [1.807, 2.05) is 0 Å². The quantitative estimate of drug-likeness (QED) is 0.494. The number of hydrogen-bond donors (Lipinski definition) is 0. The molecule has 1 saturated carbocycles. The average Bonchev–Trinajstić information content (AvgIpc) is 2.58. The molecule has 0 amide bonds. The number of alkyl halides is 3. The Morgan fingerprint density at radius 3 is 2.24 bits per heavy atom. The van der Waals surface area contributed by atoms with Crippen molar-refractivity contribution in [2.75, 3.05) is 13.2 Å². The SMILES string of the molecule is CCCCOCC1CCC(CCc2ccc(OC(F)(F)F)cc2)CC1. The molecule has 0 aromatic heterocycles. The monoisotopic (exact) mass is 358 g/mol. The highest BCUT2D eigenvalue weighted by atomic mass is 19.4. The van der Waals surface area contributed by atoms with Gasteiger partial charge in [-0.2, -0.15) is 0 Å². The zero-order valence-corrected chi connectivity index (χ0v) is 15.0. The van der Waals surface area contributed by atoms with Gasteiger partial charge in [-0.1, -0.05) is 38.3 Å². The Labute approximate surface area is 148 Å². The molecule has 0 unspecified atom stereocenters. The van der Waals surface area contributed by atoms with Crippen molar-refractivity contribution in [3.8, 4) is 5.75 Å². The van der Waals surface area contributed by atoms with Gasteiger partial charge in [0.25, 0.3) is 0 Å². The molecule has 0 N–H and O–H groups in total. The molecule has 0 atom stereocenters. The third kappa shape index (κ3) is 8.13. The molecule has 5 heteroatoms. The van der Waals surface area contributed by atoms with Crippen LogP contribution in [0.2, 0.25) is 0 Å². The van der Waals surface area contributed by atoms with Crippen molar-refractivity contribution >= 4 is 0 Å². The summed E-state index contributed by atoms with van der Waals surface area (Å²) in [5.74, 6) is 1.27. The minimum Gasteiger partial charge on any atom is -0.406 e. The maximum absolute atomic E-state index is 12.1. The van der Waals surface area contributed by atoms with Crippen LogP contribution in [0.15, 0.2) is 24.3 Å². The van der Waals surface area contributed by atoms with E-state index in [0.29, 0.717) is 5.92 Å². The molecule has 0 saturated heterocycles. The van der Waals surface area contributed by atoms with Gasteiger partial charge in [-0.3, -0.25) is 0 Å². The second kappa shape index (κ2) is 10.0.